The Labute approximate surface area is 129 Å². The Bertz CT molecular complexity index is 887. The van der Waals surface area contributed by atoms with Gasteiger partial charge in [0.15, 0.2) is 0 Å². The molecule has 3 aromatic rings. The molecule has 6 heteroatoms. The molecular formula is C16H15N3O2S. The van der Waals surface area contributed by atoms with Crippen molar-refractivity contribution in [2.24, 2.45) is 0 Å². The standard InChI is InChI=1S/C16H15N3O2S/c1-12-4-2-7-15(10-12)22(20,21)19-14-6-3-5-13(11-14)16-8-9-17-18-16/h2-11,19H,1H3,(H,17,18). The van der Waals surface area contributed by atoms with Crippen LogP contribution in [0.2, 0.25) is 0 Å². The van der Waals surface area contributed by atoms with E-state index in [9.17, 15) is 8.42 Å². The largest absolute Gasteiger partial charge is 0.280 e. The van der Waals surface area contributed by atoms with E-state index in [0.29, 0.717) is 5.69 Å². The van der Waals surface area contributed by atoms with E-state index < -0.39 is 10.0 Å². The van der Waals surface area contributed by atoms with Crippen LogP contribution >= 0.6 is 0 Å². The maximum absolute atomic E-state index is 12.4. The van der Waals surface area contributed by atoms with Crippen LogP contribution in [0.3, 0.4) is 0 Å². The molecule has 0 aliphatic carbocycles. The van der Waals surface area contributed by atoms with Gasteiger partial charge in [0.05, 0.1) is 10.6 Å². The van der Waals surface area contributed by atoms with E-state index >= 15 is 0 Å². The molecule has 0 aliphatic heterocycles. The van der Waals surface area contributed by atoms with Crippen molar-refractivity contribution in [1.82, 2.24) is 10.2 Å². The van der Waals surface area contributed by atoms with Crippen molar-refractivity contribution in [2.75, 3.05) is 4.72 Å². The zero-order chi connectivity index (χ0) is 15.6. The number of anilines is 1. The molecule has 0 saturated carbocycles. The number of aromatic amines is 1. The first-order valence-corrected chi connectivity index (χ1v) is 8.22. The van der Waals surface area contributed by atoms with E-state index in [0.717, 1.165) is 16.8 Å². The van der Waals surface area contributed by atoms with Gasteiger partial charge in [-0.2, -0.15) is 5.10 Å². The van der Waals surface area contributed by atoms with Crippen LogP contribution < -0.4 is 4.72 Å². The molecule has 5 nitrogen and oxygen atoms in total. The van der Waals surface area contributed by atoms with Gasteiger partial charge in [-0.05, 0) is 42.8 Å². The monoisotopic (exact) mass is 313 g/mol. The predicted octanol–water partition coefficient (Wildman–Crippen LogP) is 3.19. The quantitative estimate of drug-likeness (QED) is 0.777. The maximum atomic E-state index is 12.4. The summed E-state index contributed by atoms with van der Waals surface area (Å²) in [5.74, 6) is 0. The van der Waals surface area contributed by atoms with Crippen LogP contribution in [0, 0.1) is 6.92 Å². The maximum Gasteiger partial charge on any atom is 0.261 e. The molecule has 2 N–H and O–H groups in total. The van der Waals surface area contributed by atoms with Crippen LogP contribution in [0.1, 0.15) is 5.56 Å². The summed E-state index contributed by atoms with van der Waals surface area (Å²) in [4.78, 5) is 0.249. The van der Waals surface area contributed by atoms with Crippen molar-refractivity contribution in [3.63, 3.8) is 0 Å². The summed E-state index contributed by atoms with van der Waals surface area (Å²) in [5.41, 5.74) is 3.10. The van der Waals surface area contributed by atoms with Crippen LogP contribution in [0.4, 0.5) is 5.69 Å². The summed E-state index contributed by atoms with van der Waals surface area (Å²) in [6.45, 7) is 1.86. The lowest BCUT2D eigenvalue weighted by Crippen LogP contribution is -2.13. The van der Waals surface area contributed by atoms with Crippen LogP contribution in [0.15, 0.2) is 65.7 Å². The Kier molecular flexibility index (Phi) is 3.68. The molecule has 0 saturated heterocycles. The number of nitrogens with zero attached hydrogens (tertiary/aromatic N) is 1. The van der Waals surface area contributed by atoms with Gasteiger partial charge >= 0.3 is 0 Å². The van der Waals surface area contributed by atoms with Crippen molar-refractivity contribution < 1.29 is 8.42 Å². The van der Waals surface area contributed by atoms with Gasteiger partial charge < -0.3 is 0 Å². The van der Waals surface area contributed by atoms with Gasteiger partial charge in [-0.15, -0.1) is 0 Å². The molecule has 0 radical (unpaired) electrons. The average molecular weight is 313 g/mol. The topological polar surface area (TPSA) is 74.8 Å². The zero-order valence-electron chi connectivity index (χ0n) is 11.9. The summed E-state index contributed by atoms with van der Waals surface area (Å²) < 4.78 is 27.4. The summed E-state index contributed by atoms with van der Waals surface area (Å²) in [6.07, 6.45) is 1.65. The Morgan fingerprint density at radius 3 is 2.59 bits per heavy atom. The molecule has 0 spiro atoms. The number of nitrogens with one attached hydrogen (secondary N) is 2. The second-order valence-corrected chi connectivity index (χ2v) is 6.66. The van der Waals surface area contributed by atoms with Crippen molar-refractivity contribution in [1.29, 1.82) is 0 Å². The third-order valence-corrected chi connectivity index (χ3v) is 4.61. The summed E-state index contributed by atoms with van der Waals surface area (Å²) in [7, 11) is -3.60. The molecular weight excluding hydrogens is 298 g/mol. The summed E-state index contributed by atoms with van der Waals surface area (Å²) >= 11 is 0. The van der Waals surface area contributed by atoms with Crippen LogP contribution in [0.5, 0.6) is 0 Å². The first-order valence-electron chi connectivity index (χ1n) is 6.74. The predicted molar refractivity (Wildman–Crippen MR) is 86.0 cm³/mol. The van der Waals surface area contributed by atoms with E-state index in [4.69, 9.17) is 0 Å². The fourth-order valence-electron chi connectivity index (χ4n) is 2.16. The van der Waals surface area contributed by atoms with Crippen molar-refractivity contribution in [3.05, 3.63) is 66.4 Å². The third kappa shape index (κ3) is 3.01. The molecule has 3 rings (SSSR count). The normalized spacial score (nSPS) is 11.3. The highest BCUT2D eigenvalue weighted by atomic mass is 32.2. The fourth-order valence-corrected chi connectivity index (χ4v) is 3.32. The van der Waals surface area contributed by atoms with Gasteiger partial charge in [0.1, 0.15) is 0 Å². The SMILES string of the molecule is Cc1cccc(S(=O)(=O)Nc2cccc(-c3ccn[nH]3)c2)c1. The number of H-pyrrole nitrogens is 1. The first kappa shape index (κ1) is 14.3. The van der Waals surface area contributed by atoms with E-state index in [1.54, 1.807) is 42.6 Å². The summed E-state index contributed by atoms with van der Waals surface area (Å²) in [5, 5.41) is 6.75. The number of benzene rings is 2. The first-order chi connectivity index (χ1) is 10.5. The number of aromatic nitrogens is 2. The van der Waals surface area contributed by atoms with Gasteiger partial charge in [0.25, 0.3) is 10.0 Å². The molecule has 0 aliphatic rings. The van der Waals surface area contributed by atoms with Gasteiger partial charge in [-0.1, -0.05) is 24.3 Å². The van der Waals surface area contributed by atoms with Gasteiger partial charge in [0, 0.05) is 17.4 Å². The van der Waals surface area contributed by atoms with E-state index in [1.807, 2.05) is 25.1 Å². The minimum atomic E-state index is -3.60. The lowest BCUT2D eigenvalue weighted by molar-refractivity contribution is 0.601. The van der Waals surface area contributed by atoms with Crippen molar-refractivity contribution >= 4 is 15.7 Å². The highest BCUT2D eigenvalue weighted by Gasteiger charge is 2.14. The number of aryl methyl sites for hydroxylation is 1. The van der Waals surface area contributed by atoms with Crippen molar-refractivity contribution in [3.8, 4) is 11.3 Å². The average Bonchev–Trinajstić information content (AvgIpc) is 3.01. The van der Waals surface area contributed by atoms with Gasteiger partial charge in [0.2, 0.25) is 0 Å². The Hall–Kier alpha value is -2.60. The second kappa shape index (κ2) is 5.65. The molecule has 112 valence electrons. The second-order valence-electron chi connectivity index (χ2n) is 4.97. The number of rotatable bonds is 4. The number of sulfonamides is 1. The van der Waals surface area contributed by atoms with Crippen LogP contribution in [-0.2, 0) is 10.0 Å². The molecule has 0 atom stereocenters. The molecule has 0 amide bonds. The van der Waals surface area contributed by atoms with Gasteiger partial charge in [-0.3, -0.25) is 9.82 Å². The highest BCUT2D eigenvalue weighted by molar-refractivity contribution is 7.92. The molecule has 0 fully saturated rings. The van der Waals surface area contributed by atoms with Crippen LogP contribution in [0.25, 0.3) is 11.3 Å². The van der Waals surface area contributed by atoms with Crippen LogP contribution in [-0.4, -0.2) is 18.6 Å². The third-order valence-electron chi connectivity index (χ3n) is 3.23. The fraction of sp³-hybridized carbons (Fsp3) is 0.0625. The Balaban J connectivity index is 1.91. The lowest BCUT2D eigenvalue weighted by atomic mass is 10.1. The van der Waals surface area contributed by atoms with E-state index in [2.05, 4.69) is 14.9 Å². The zero-order valence-corrected chi connectivity index (χ0v) is 12.8. The Morgan fingerprint density at radius 2 is 1.86 bits per heavy atom. The molecule has 0 unspecified atom stereocenters. The summed E-state index contributed by atoms with van der Waals surface area (Å²) in [6, 6.07) is 15.8. The number of hydrogen-bond acceptors (Lipinski definition) is 3. The molecule has 2 aromatic carbocycles. The number of hydrogen-bond donors (Lipinski definition) is 2. The van der Waals surface area contributed by atoms with Gasteiger partial charge in [-0.25, -0.2) is 8.42 Å². The Morgan fingerprint density at radius 1 is 1.05 bits per heavy atom. The molecule has 1 aromatic heterocycles. The van der Waals surface area contributed by atoms with Crippen molar-refractivity contribution in [2.45, 2.75) is 11.8 Å². The smallest absolute Gasteiger partial charge is 0.261 e. The van der Waals surface area contributed by atoms with E-state index in [1.165, 1.54) is 0 Å². The minimum Gasteiger partial charge on any atom is -0.280 e. The molecule has 22 heavy (non-hydrogen) atoms. The molecule has 1 heterocycles. The molecule has 0 bridgehead atoms. The van der Waals surface area contributed by atoms with E-state index in [-0.39, 0.29) is 4.90 Å². The minimum absolute atomic E-state index is 0.249. The highest BCUT2D eigenvalue weighted by Crippen LogP contribution is 2.22. The lowest BCUT2D eigenvalue weighted by Gasteiger charge is -2.09.